The second-order valence-electron chi connectivity index (χ2n) is 5.76. The van der Waals surface area contributed by atoms with Gasteiger partial charge in [-0.3, -0.25) is 4.79 Å². The molecule has 0 aliphatic rings. The second kappa shape index (κ2) is 8.04. The highest BCUT2D eigenvalue weighted by atomic mass is 35.5. The summed E-state index contributed by atoms with van der Waals surface area (Å²) in [6.07, 6.45) is 0. The molecule has 1 heterocycles. The summed E-state index contributed by atoms with van der Waals surface area (Å²) in [7, 11) is 0. The SMILES string of the molecule is CC(C)C(C)(CN)NC(=O)c1ccc(Oc2ccccc2)o1.Cl. The van der Waals surface area contributed by atoms with Crippen molar-refractivity contribution in [2.24, 2.45) is 11.7 Å². The molecule has 2 aromatic rings. The van der Waals surface area contributed by atoms with Crippen LogP contribution in [0, 0.1) is 5.92 Å². The minimum Gasteiger partial charge on any atom is -0.426 e. The number of carbonyl (C=O) groups excluding carboxylic acids is 1. The number of nitrogens with two attached hydrogens (primary N) is 1. The van der Waals surface area contributed by atoms with Crippen LogP contribution in [0.25, 0.3) is 0 Å². The van der Waals surface area contributed by atoms with Gasteiger partial charge in [0.15, 0.2) is 5.76 Å². The molecule has 0 aliphatic heterocycles. The lowest BCUT2D eigenvalue weighted by Gasteiger charge is -2.33. The Morgan fingerprint density at radius 3 is 2.48 bits per heavy atom. The maximum Gasteiger partial charge on any atom is 0.290 e. The minimum atomic E-state index is -0.482. The number of furan rings is 1. The standard InChI is InChI=1S/C17H22N2O3.ClH/c1-12(2)17(3,11-18)19-16(20)14-9-10-15(22-14)21-13-7-5-4-6-8-13;/h4-10,12H,11,18H2,1-3H3,(H,19,20);1H. The first-order chi connectivity index (χ1) is 10.4. The lowest BCUT2D eigenvalue weighted by molar-refractivity contribution is 0.0849. The molecule has 0 bridgehead atoms. The number of amides is 1. The molecule has 6 heteroatoms. The Bertz CT molecular complexity index is 628. The van der Waals surface area contributed by atoms with Crippen LogP contribution in [-0.2, 0) is 0 Å². The number of hydrogen-bond acceptors (Lipinski definition) is 4. The molecule has 1 unspecified atom stereocenters. The van der Waals surface area contributed by atoms with Crippen molar-refractivity contribution in [1.29, 1.82) is 0 Å². The third-order valence-corrected chi connectivity index (χ3v) is 3.86. The number of halogens is 1. The summed E-state index contributed by atoms with van der Waals surface area (Å²) in [5.74, 6) is 1.03. The van der Waals surface area contributed by atoms with Crippen LogP contribution in [0.15, 0.2) is 46.9 Å². The number of carbonyl (C=O) groups is 1. The van der Waals surface area contributed by atoms with Crippen LogP contribution in [0.1, 0.15) is 31.3 Å². The Kier molecular flexibility index (Phi) is 6.66. The highest BCUT2D eigenvalue weighted by molar-refractivity contribution is 5.92. The summed E-state index contributed by atoms with van der Waals surface area (Å²) >= 11 is 0. The number of benzene rings is 1. The Labute approximate surface area is 142 Å². The molecule has 5 nitrogen and oxygen atoms in total. The van der Waals surface area contributed by atoms with E-state index in [0.29, 0.717) is 12.3 Å². The molecule has 0 spiro atoms. The second-order valence-corrected chi connectivity index (χ2v) is 5.76. The summed E-state index contributed by atoms with van der Waals surface area (Å²) < 4.78 is 11.0. The van der Waals surface area contributed by atoms with Crippen LogP contribution in [0.2, 0.25) is 0 Å². The number of hydrogen-bond donors (Lipinski definition) is 2. The summed E-state index contributed by atoms with van der Waals surface area (Å²) in [6, 6.07) is 12.5. The van der Waals surface area contributed by atoms with Crippen LogP contribution in [0.5, 0.6) is 11.7 Å². The first-order valence-corrected chi connectivity index (χ1v) is 7.30. The fourth-order valence-corrected chi connectivity index (χ4v) is 1.85. The van der Waals surface area contributed by atoms with E-state index in [-0.39, 0.29) is 35.9 Å². The summed E-state index contributed by atoms with van der Waals surface area (Å²) in [6.45, 7) is 6.29. The molecule has 0 saturated heterocycles. The van der Waals surface area contributed by atoms with Gasteiger partial charge >= 0.3 is 0 Å². The van der Waals surface area contributed by atoms with Gasteiger partial charge in [-0.1, -0.05) is 32.0 Å². The average molecular weight is 339 g/mol. The van der Waals surface area contributed by atoms with Gasteiger partial charge in [-0.15, -0.1) is 12.4 Å². The van der Waals surface area contributed by atoms with E-state index in [2.05, 4.69) is 5.32 Å². The van der Waals surface area contributed by atoms with E-state index in [1.54, 1.807) is 12.1 Å². The molecule has 0 aliphatic carbocycles. The van der Waals surface area contributed by atoms with E-state index in [4.69, 9.17) is 14.9 Å². The molecule has 1 atom stereocenters. The molecule has 3 N–H and O–H groups in total. The zero-order chi connectivity index (χ0) is 16.2. The van der Waals surface area contributed by atoms with E-state index in [0.717, 1.165) is 0 Å². The summed E-state index contributed by atoms with van der Waals surface area (Å²) in [5.41, 5.74) is 5.29. The largest absolute Gasteiger partial charge is 0.426 e. The molecule has 1 amide bonds. The van der Waals surface area contributed by atoms with E-state index >= 15 is 0 Å². The van der Waals surface area contributed by atoms with Gasteiger partial charge in [-0.05, 0) is 31.0 Å². The highest BCUT2D eigenvalue weighted by Crippen LogP contribution is 2.24. The van der Waals surface area contributed by atoms with Gasteiger partial charge in [-0.2, -0.15) is 0 Å². The van der Waals surface area contributed by atoms with Crippen molar-refractivity contribution in [3.8, 4) is 11.7 Å². The van der Waals surface area contributed by atoms with Crippen LogP contribution in [-0.4, -0.2) is 18.0 Å². The fraction of sp³-hybridized carbons (Fsp3) is 0.353. The van der Waals surface area contributed by atoms with E-state index in [1.807, 2.05) is 51.1 Å². The van der Waals surface area contributed by atoms with Gasteiger partial charge in [0.2, 0.25) is 0 Å². The van der Waals surface area contributed by atoms with Crippen molar-refractivity contribution in [3.63, 3.8) is 0 Å². The highest BCUT2D eigenvalue weighted by Gasteiger charge is 2.30. The van der Waals surface area contributed by atoms with E-state index < -0.39 is 5.54 Å². The first-order valence-electron chi connectivity index (χ1n) is 7.30. The molecule has 0 saturated carbocycles. The van der Waals surface area contributed by atoms with Gasteiger partial charge in [0.1, 0.15) is 5.75 Å². The third kappa shape index (κ3) is 4.74. The number of nitrogens with one attached hydrogen (secondary N) is 1. The van der Waals surface area contributed by atoms with Crippen LogP contribution in [0.3, 0.4) is 0 Å². The summed E-state index contributed by atoms with van der Waals surface area (Å²) in [5, 5.41) is 2.92. The van der Waals surface area contributed by atoms with Crippen molar-refractivity contribution in [2.45, 2.75) is 26.3 Å². The molecular weight excluding hydrogens is 316 g/mol. The zero-order valence-electron chi connectivity index (χ0n) is 13.5. The average Bonchev–Trinajstić information content (AvgIpc) is 2.96. The van der Waals surface area contributed by atoms with Gasteiger partial charge < -0.3 is 20.2 Å². The molecule has 2 rings (SSSR count). The normalized spacial score (nSPS) is 13.1. The molecule has 23 heavy (non-hydrogen) atoms. The van der Waals surface area contributed by atoms with Crippen molar-refractivity contribution < 1.29 is 13.9 Å². The number of ether oxygens (including phenoxy) is 1. The molecule has 1 aromatic carbocycles. The van der Waals surface area contributed by atoms with Gasteiger partial charge in [-0.25, -0.2) is 0 Å². The Balaban J connectivity index is 0.00000264. The molecule has 1 aromatic heterocycles. The predicted molar refractivity (Wildman–Crippen MR) is 92.2 cm³/mol. The van der Waals surface area contributed by atoms with Gasteiger partial charge in [0, 0.05) is 12.6 Å². The monoisotopic (exact) mass is 338 g/mol. The van der Waals surface area contributed by atoms with Gasteiger partial charge in [0.25, 0.3) is 11.9 Å². The van der Waals surface area contributed by atoms with Crippen LogP contribution >= 0.6 is 12.4 Å². The summed E-state index contributed by atoms with van der Waals surface area (Å²) in [4.78, 5) is 12.3. The quantitative estimate of drug-likeness (QED) is 0.843. The number of para-hydroxylation sites is 1. The van der Waals surface area contributed by atoms with Crippen LogP contribution in [0.4, 0.5) is 0 Å². The van der Waals surface area contributed by atoms with E-state index in [9.17, 15) is 4.79 Å². The maximum atomic E-state index is 12.3. The molecule has 0 radical (unpaired) electrons. The smallest absolute Gasteiger partial charge is 0.290 e. The van der Waals surface area contributed by atoms with Crippen molar-refractivity contribution >= 4 is 18.3 Å². The lowest BCUT2D eigenvalue weighted by atomic mass is 9.88. The third-order valence-electron chi connectivity index (χ3n) is 3.86. The first kappa shape index (κ1) is 19.1. The Morgan fingerprint density at radius 2 is 1.91 bits per heavy atom. The Hall–Kier alpha value is -1.98. The molecule has 126 valence electrons. The molecule has 0 fully saturated rings. The molecular formula is C17H23ClN2O3. The van der Waals surface area contributed by atoms with Crippen molar-refractivity contribution in [1.82, 2.24) is 5.32 Å². The lowest BCUT2D eigenvalue weighted by Crippen LogP contribution is -2.54. The van der Waals surface area contributed by atoms with Crippen molar-refractivity contribution in [2.75, 3.05) is 6.54 Å². The van der Waals surface area contributed by atoms with E-state index in [1.165, 1.54) is 0 Å². The van der Waals surface area contributed by atoms with Crippen molar-refractivity contribution in [3.05, 3.63) is 48.2 Å². The number of rotatable bonds is 6. The zero-order valence-corrected chi connectivity index (χ0v) is 14.4. The predicted octanol–water partition coefficient (Wildman–Crippen LogP) is 3.60. The maximum absolute atomic E-state index is 12.3. The van der Waals surface area contributed by atoms with Crippen LogP contribution < -0.4 is 15.8 Å². The Morgan fingerprint density at radius 1 is 1.26 bits per heavy atom. The minimum absolute atomic E-state index is 0. The van der Waals surface area contributed by atoms with Gasteiger partial charge in [0.05, 0.1) is 5.54 Å². The topological polar surface area (TPSA) is 77.5 Å². The fourth-order valence-electron chi connectivity index (χ4n) is 1.85.